The molecule has 0 bridgehead atoms. The summed E-state index contributed by atoms with van der Waals surface area (Å²) in [7, 11) is 0. The van der Waals surface area contributed by atoms with Crippen LogP contribution in [0.3, 0.4) is 0 Å². The molecule has 48 heavy (non-hydrogen) atoms. The average Bonchev–Trinajstić information content (AvgIpc) is 3.05. The first kappa shape index (κ1) is 40.2. The summed E-state index contributed by atoms with van der Waals surface area (Å²) in [6.45, 7) is 2.12. The third-order valence-corrected chi connectivity index (χ3v) is 8.03. The zero-order chi connectivity index (χ0) is 34.8. The highest BCUT2D eigenvalue weighted by Crippen LogP contribution is 2.30. The van der Waals surface area contributed by atoms with Gasteiger partial charge in [-0.1, -0.05) is 115 Å². The second-order valence-electron chi connectivity index (χ2n) is 12.2. The Morgan fingerprint density at radius 2 is 1.08 bits per heavy atom. The van der Waals surface area contributed by atoms with E-state index in [9.17, 15) is 29.9 Å². The second-order valence-corrected chi connectivity index (χ2v) is 12.2. The van der Waals surface area contributed by atoms with Crippen LogP contribution in [0.4, 0.5) is 11.4 Å². The first-order valence-electron chi connectivity index (χ1n) is 17.8. The van der Waals surface area contributed by atoms with E-state index in [0.29, 0.717) is 30.2 Å². The number of anilines is 1. The lowest BCUT2D eigenvalue weighted by Gasteiger charge is -2.22. The lowest BCUT2D eigenvalue weighted by atomic mass is 10.0. The maximum atomic E-state index is 11.5. The van der Waals surface area contributed by atoms with Crippen LogP contribution >= 0.6 is 0 Å². The van der Waals surface area contributed by atoms with Crippen molar-refractivity contribution in [3.63, 3.8) is 0 Å². The van der Waals surface area contributed by atoms with E-state index < -0.39 is 30.0 Å². The molecule has 2 N–H and O–H groups in total. The molecule has 0 amide bonds. The summed E-state index contributed by atoms with van der Waals surface area (Å²) in [5.74, 6) is -1.30. The van der Waals surface area contributed by atoms with Gasteiger partial charge in [-0.05, 0) is 12.5 Å². The Hall–Kier alpha value is -4.02. The van der Waals surface area contributed by atoms with Crippen LogP contribution in [0.15, 0.2) is 42.5 Å². The van der Waals surface area contributed by atoms with E-state index >= 15 is 0 Å². The van der Waals surface area contributed by atoms with Crippen LogP contribution < -0.4 is 19.1 Å². The average molecular weight is 673 g/mol. The van der Waals surface area contributed by atoms with E-state index in [4.69, 9.17) is 14.2 Å². The molecule has 11 nitrogen and oxygen atoms in total. The predicted octanol–water partition coefficient (Wildman–Crippen LogP) is 9.06. The Labute approximate surface area is 285 Å². The molecule has 0 spiro atoms. The van der Waals surface area contributed by atoms with Crippen LogP contribution in [0.25, 0.3) is 0 Å². The number of ether oxygens (including phenoxy) is 3. The molecule has 0 radical (unpaired) electrons. The number of nitro benzene ring substituents is 1. The summed E-state index contributed by atoms with van der Waals surface area (Å²) in [6, 6.07) is 11.0. The summed E-state index contributed by atoms with van der Waals surface area (Å²) in [5.41, 5.74) is 0.240. The summed E-state index contributed by atoms with van der Waals surface area (Å²) in [6.07, 6.45) is 20.9. The Kier molecular flexibility index (Phi) is 21.0. The van der Waals surface area contributed by atoms with Crippen molar-refractivity contribution in [2.75, 3.05) is 37.8 Å². The summed E-state index contributed by atoms with van der Waals surface area (Å²) in [4.78, 5) is 34.8. The standard InChI is InChI=1S/C37H56N2O9/c1-2-3-4-5-6-7-8-9-10-11-12-13-14-15-16-19-23-46-32-26-31(38(29-36(40)41)30-37(42)43)27-33(28-32)47-24-20-25-48-35-22-18-17-21-34(35)39(44)45/h17-18,21-22,26-28H,2-16,19-20,23-25,29-30H2,1H3,(H,40,41)(H,42,43). The zero-order valence-corrected chi connectivity index (χ0v) is 28.7. The number of aliphatic carboxylic acids is 2. The van der Waals surface area contributed by atoms with Crippen LogP contribution in [-0.2, 0) is 9.59 Å². The number of hydrogen-bond acceptors (Lipinski definition) is 8. The molecule has 0 aliphatic heterocycles. The lowest BCUT2D eigenvalue weighted by Crippen LogP contribution is -2.34. The first-order valence-corrected chi connectivity index (χ1v) is 17.8. The SMILES string of the molecule is CCCCCCCCCCCCCCCCCCOc1cc(OCCCOc2ccccc2[N+](=O)[O-])cc(N(CC(=O)O)CC(=O)O)c1. The lowest BCUT2D eigenvalue weighted by molar-refractivity contribution is -0.385. The minimum atomic E-state index is -1.16. The quantitative estimate of drug-likeness (QED) is 0.0467. The Morgan fingerprint density at radius 3 is 1.56 bits per heavy atom. The van der Waals surface area contributed by atoms with E-state index in [2.05, 4.69) is 6.92 Å². The van der Waals surface area contributed by atoms with Gasteiger partial charge in [0.25, 0.3) is 0 Å². The normalized spacial score (nSPS) is 10.9. The van der Waals surface area contributed by atoms with Crippen LogP contribution in [0.2, 0.25) is 0 Å². The number of nitrogens with zero attached hydrogens (tertiary/aromatic N) is 2. The summed E-state index contributed by atoms with van der Waals surface area (Å²) < 4.78 is 17.4. The van der Waals surface area contributed by atoms with Crippen LogP contribution in [0.5, 0.6) is 17.2 Å². The van der Waals surface area contributed by atoms with Gasteiger partial charge in [0.1, 0.15) is 24.6 Å². The maximum absolute atomic E-state index is 11.5. The first-order chi connectivity index (χ1) is 23.3. The number of hydrogen-bond donors (Lipinski definition) is 2. The molecule has 0 fully saturated rings. The van der Waals surface area contributed by atoms with Gasteiger partial charge >= 0.3 is 17.6 Å². The van der Waals surface area contributed by atoms with Crippen molar-refractivity contribution in [3.8, 4) is 17.2 Å². The van der Waals surface area contributed by atoms with Crippen molar-refractivity contribution in [1.82, 2.24) is 0 Å². The molecule has 268 valence electrons. The number of carbonyl (C=O) groups is 2. The molecule has 0 atom stereocenters. The van der Waals surface area contributed by atoms with E-state index in [1.165, 1.54) is 101 Å². The van der Waals surface area contributed by atoms with Gasteiger partial charge in [0.15, 0.2) is 5.75 Å². The molecular formula is C37H56N2O9. The van der Waals surface area contributed by atoms with Crippen LogP contribution in [0, 0.1) is 10.1 Å². The highest BCUT2D eigenvalue weighted by Gasteiger charge is 2.17. The third kappa shape index (κ3) is 18.4. The van der Waals surface area contributed by atoms with Crippen molar-refractivity contribution in [2.24, 2.45) is 0 Å². The second kappa shape index (κ2) is 25.1. The molecule has 0 heterocycles. The molecule has 0 saturated carbocycles. The molecule has 0 aliphatic rings. The number of para-hydroxylation sites is 2. The third-order valence-electron chi connectivity index (χ3n) is 8.03. The Balaban J connectivity index is 1.76. The number of carboxylic acid groups (broad SMARTS) is 2. The molecule has 0 saturated heterocycles. The highest BCUT2D eigenvalue weighted by molar-refractivity contribution is 5.80. The molecule has 2 aromatic carbocycles. The Morgan fingerprint density at radius 1 is 0.646 bits per heavy atom. The molecule has 2 rings (SSSR count). The van der Waals surface area contributed by atoms with Crippen LogP contribution in [0.1, 0.15) is 116 Å². The van der Waals surface area contributed by atoms with Gasteiger partial charge in [0.2, 0.25) is 0 Å². The van der Waals surface area contributed by atoms with Gasteiger partial charge < -0.3 is 29.3 Å². The minimum Gasteiger partial charge on any atom is -0.493 e. The van der Waals surface area contributed by atoms with E-state index in [1.807, 2.05) is 0 Å². The molecule has 0 aromatic heterocycles. The van der Waals surface area contributed by atoms with E-state index in [-0.39, 0.29) is 24.7 Å². The number of unbranched alkanes of at least 4 members (excludes halogenated alkanes) is 15. The highest BCUT2D eigenvalue weighted by atomic mass is 16.6. The number of nitro groups is 1. The molecule has 2 aromatic rings. The fourth-order valence-electron chi connectivity index (χ4n) is 5.47. The van der Waals surface area contributed by atoms with Gasteiger partial charge in [-0.25, -0.2) is 0 Å². The number of benzene rings is 2. The maximum Gasteiger partial charge on any atom is 0.323 e. The van der Waals surface area contributed by atoms with Crippen molar-refractivity contribution in [3.05, 3.63) is 52.6 Å². The smallest absolute Gasteiger partial charge is 0.323 e. The summed E-state index contributed by atoms with van der Waals surface area (Å²) in [5, 5.41) is 29.9. The molecule has 0 unspecified atom stereocenters. The Bertz CT molecular complexity index is 1190. The van der Waals surface area contributed by atoms with Gasteiger partial charge in [-0.3, -0.25) is 19.7 Å². The fourth-order valence-corrected chi connectivity index (χ4v) is 5.47. The van der Waals surface area contributed by atoms with E-state index in [0.717, 1.165) is 19.3 Å². The van der Waals surface area contributed by atoms with Gasteiger partial charge in [0, 0.05) is 36.4 Å². The van der Waals surface area contributed by atoms with Crippen molar-refractivity contribution < 1.29 is 38.9 Å². The number of carboxylic acids is 2. The number of rotatable bonds is 30. The van der Waals surface area contributed by atoms with Gasteiger partial charge in [-0.15, -0.1) is 0 Å². The van der Waals surface area contributed by atoms with Crippen molar-refractivity contribution in [2.45, 2.75) is 116 Å². The van der Waals surface area contributed by atoms with E-state index in [1.54, 1.807) is 30.3 Å². The topological polar surface area (TPSA) is 149 Å². The van der Waals surface area contributed by atoms with Gasteiger partial charge in [0.05, 0.1) is 24.7 Å². The predicted molar refractivity (Wildman–Crippen MR) is 188 cm³/mol. The monoisotopic (exact) mass is 672 g/mol. The van der Waals surface area contributed by atoms with Gasteiger partial charge in [-0.2, -0.15) is 0 Å². The van der Waals surface area contributed by atoms with Crippen molar-refractivity contribution >= 4 is 23.3 Å². The largest absolute Gasteiger partial charge is 0.493 e. The molecule has 11 heteroatoms. The van der Waals surface area contributed by atoms with Crippen LogP contribution in [-0.4, -0.2) is 60.0 Å². The summed E-state index contributed by atoms with van der Waals surface area (Å²) >= 11 is 0. The fraction of sp³-hybridized carbons (Fsp3) is 0.622. The van der Waals surface area contributed by atoms with Crippen molar-refractivity contribution in [1.29, 1.82) is 0 Å². The minimum absolute atomic E-state index is 0.116. The zero-order valence-electron chi connectivity index (χ0n) is 28.7. The molecule has 0 aliphatic carbocycles. The molecular weight excluding hydrogens is 616 g/mol.